The van der Waals surface area contributed by atoms with Crippen LogP contribution in [0, 0.1) is 0 Å². The second-order valence-electron chi connectivity index (χ2n) is 9.83. The minimum absolute atomic E-state index is 0.0287. The molecule has 8 heteroatoms. The molecule has 1 amide bonds. The molecule has 2 N–H and O–H groups in total. The third-order valence-corrected chi connectivity index (χ3v) is 7.66. The van der Waals surface area contributed by atoms with Crippen LogP contribution < -0.4 is 5.32 Å². The van der Waals surface area contributed by atoms with Crippen LogP contribution in [0.15, 0.2) is 39.5 Å². The molecule has 0 aromatic heterocycles. The minimum atomic E-state index is -0.428. The van der Waals surface area contributed by atoms with Gasteiger partial charge in [0.1, 0.15) is 0 Å². The fraction of sp³-hybridized carbons (Fsp3) is 0.567. The number of unbranched alkanes of at least 4 members (excludes halogenated alkanes) is 12. The van der Waals surface area contributed by atoms with Crippen LogP contribution >= 0.6 is 34.8 Å². The Morgan fingerprint density at radius 3 is 1.84 bits per heavy atom. The summed E-state index contributed by atoms with van der Waals surface area (Å²) in [5.41, 5.74) is 1.49. The monoisotopic (exact) mass is 582 g/mol. The predicted octanol–water partition coefficient (Wildman–Crippen LogP) is 9.74. The zero-order chi connectivity index (χ0) is 27.9. The molecule has 2 rings (SSSR count). The van der Waals surface area contributed by atoms with Crippen molar-refractivity contribution in [1.29, 1.82) is 0 Å². The SMILES string of the molecule is CCCCCCCCCCCCCCCC(=O)NC1=C/C(=N\c2cc(Cl)c(O)c(Cl)c2)C(CC)=C(Cl)C1=O. The van der Waals surface area contributed by atoms with E-state index in [0.29, 0.717) is 29.8 Å². The first-order valence-electron chi connectivity index (χ1n) is 14.0. The Morgan fingerprint density at radius 1 is 0.842 bits per heavy atom. The molecule has 0 radical (unpaired) electrons. The summed E-state index contributed by atoms with van der Waals surface area (Å²) in [7, 11) is 0. The van der Waals surface area contributed by atoms with E-state index in [9.17, 15) is 14.7 Å². The molecule has 0 saturated carbocycles. The molecule has 0 heterocycles. The zero-order valence-electron chi connectivity index (χ0n) is 22.7. The Labute approximate surface area is 242 Å². The highest BCUT2D eigenvalue weighted by molar-refractivity contribution is 6.49. The fourth-order valence-corrected chi connectivity index (χ4v) is 5.27. The van der Waals surface area contributed by atoms with Crippen LogP contribution in [0.1, 0.15) is 110 Å². The van der Waals surface area contributed by atoms with E-state index in [1.165, 1.54) is 82.4 Å². The van der Waals surface area contributed by atoms with Gasteiger partial charge in [-0.25, -0.2) is 4.99 Å². The number of phenolic OH excluding ortho intramolecular Hbond substituents is 1. The molecule has 0 saturated heterocycles. The smallest absolute Gasteiger partial charge is 0.224 e. The lowest BCUT2D eigenvalue weighted by atomic mass is 9.97. The number of nitrogens with zero attached hydrogens (tertiary/aromatic N) is 1. The maximum atomic E-state index is 12.8. The number of nitrogens with one attached hydrogen (secondary N) is 1. The van der Waals surface area contributed by atoms with Gasteiger partial charge in [-0.1, -0.05) is 126 Å². The highest BCUT2D eigenvalue weighted by Gasteiger charge is 2.26. The largest absolute Gasteiger partial charge is 0.505 e. The molecule has 38 heavy (non-hydrogen) atoms. The van der Waals surface area contributed by atoms with Gasteiger partial charge in [-0.05, 0) is 31.1 Å². The van der Waals surface area contributed by atoms with E-state index in [1.54, 1.807) is 0 Å². The fourth-order valence-electron chi connectivity index (χ4n) is 4.46. The highest BCUT2D eigenvalue weighted by atomic mass is 35.5. The third-order valence-electron chi connectivity index (χ3n) is 6.69. The quantitative estimate of drug-likeness (QED) is 0.141. The van der Waals surface area contributed by atoms with Crippen molar-refractivity contribution < 1.29 is 14.7 Å². The van der Waals surface area contributed by atoms with Crippen molar-refractivity contribution >= 4 is 57.9 Å². The van der Waals surface area contributed by atoms with Gasteiger partial charge in [0.2, 0.25) is 11.7 Å². The number of rotatable bonds is 17. The molecular weight excluding hydrogens is 543 g/mol. The van der Waals surface area contributed by atoms with Gasteiger partial charge in [0, 0.05) is 12.0 Å². The Morgan fingerprint density at radius 2 is 1.34 bits per heavy atom. The number of aromatic hydroxyl groups is 1. The van der Waals surface area contributed by atoms with E-state index in [0.717, 1.165) is 19.3 Å². The van der Waals surface area contributed by atoms with Crippen molar-refractivity contribution in [2.75, 3.05) is 0 Å². The molecule has 1 aromatic carbocycles. The van der Waals surface area contributed by atoms with Gasteiger partial charge in [-0.2, -0.15) is 0 Å². The minimum Gasteiger partial charge on any atom is -0.505 e. The summed E-state index contributed by atoms with van der Waals surface area (Å²) in [6.45, 7) is 4.11. The van der Waals surface area contributed by atoms with Gasteiger partial charge in [-0.15, -0.1) is 0 Å². The Hall–Kier alpha value is -1.82. The van der Waals surface area contributed by atoms with Crippen molar-refractivity contribution in [2.24, 2.45) is 4.99 Å². The van der Waals surface area contributed by atoms with Crippen LogP contribution in [-0.2, 0) is 9.59 Å². The first-order valence-corrected chi connectivity index (χ1v) is 15.1. The molecule has 1 aromatic rings. The summed E-state index contributed by atoms with van der Waals surface area (Å²) in [5, 5.41) is 12.7. The first kappa shape index (κ1) is 32.4. The molecule has 0 spiro atoms. The number of Topliss-reactive ketones (excluding diaryl/α,β-unsaturated/α-hetero) is 1. The van der Waals surface area contributed by atoms with Gasteiger partial charge >= 0.3 is 0 Å². The molecule has 0 fully saturated rings. The number of allylic oxidation sites excluding steroid dienone is 3. The van der Waals surface area contributed by atoms with Crippen LogP contribution in [0.4, 0.5) is 5.69 Å². The molecule has 5 nitrogen and oxygen atoms in total. The number of hydrogen-bond donors (Lipinski definition) is 2. The van der Waals surface area contributed by atoms with E-state index in [-0.39, 0.29) is 32.4 Å². The van der Waals surface area contributed by atoms with E-state index in [2.05, 4.69) is 17.2 Å². The van der Waals surface area contributed by atoms with Crippen LogP contribution in [0.3, 0.4) is 0 Å². The number of benzene rings is 1. The molecule has 0 aliphatic heterocycles. The molecule has 1 aliphatic carbocycles. The maximum absolute atomic E-state index is 12.8. The number of halogens is 3. The normalized spacial score (nSPS) is 14.8. The van der Waals surface area contributed by atoms with Crippen molar-refractivity contribution in [2.45, 2.75) is 110 Å². The average Bonchev–Trinajstić information content (AvgIpc) is 2.88. The number of ketones is 1. The molecule has 210 valence electrons. The Balaban J connectivity index is 1.80. The van der Waals surface area contributed by atoms with Gasteiger partial charge < -0.3 is 10.4 Å². The van der Waals surface area contributed by atoms with Gasteiger partial charge in [0.05, 0.1) is 32.2 Å². The number of aliphatic imine (C=N–C) groups is 1. The first-order chi connectivity index (χ1) is 18.3. The molecule has 0 atom stereocenters. The lowest BCUT2D eigenvalue weighted by Gasteiger charge is -2.18. The predicted molar refractivity (Wildman–Crippen MR) is 160 cm³/mol. The highest BCUT2D eigenvalue weighted by Crippen LogP contribution is 2.36. The zero-order valence-corrected chi connectivity index (χ0v) is 25.0. The second kappa shape index (κ2) is 17.7. The summed E-state index contributed by atoms with van der Waals surface area (Å²) in [5.74, 6) is -0.868. The number of carbonyl (C=O) groups excluding carboxylic acids is 2. The van der Waals surface area contributed by atoms with Crippen LogP contribution in [0.5, 0.6) is 5.75 Å². The van der Waals surface area contributed by atoms with Crippen LogP contribution in [0.25, 0.3) is 0 Å². The number of carbonyl (C=O) groups is 2. The van der Waals surface area contributed by atoms with E-state index in [1.807, 2.05) is 6.92 Å². The topological polar surface area (TPSA) is 78.8 Å². The third kappa shape index (κ3) is 10.7. The van der Waals surface area contributed by atoms with Gasteiger partial charge in [-0.3, -0.25) is 9.59 Å². The van der Waals surface area contributed by atoms with Crippen LogP contribution in [0.2, 0.25) is 10.0 Å². The number of amides is 1. The van der Waals surface area contributed by atoms with Crippen LogP contribution in [-0.4, -0.2) is 22.5 Å². The lowest BCUT2D eigenvalue weighted by Crippen LogP contribution is -2.31. The summed E-state index contributed by atoms with van der Waals surface area (Å²) in [6, 6.07) is 2.93. The summed E-state index contributed by atoms with van der Waals surface area (Å²) < 4.78 is 0. The van der Waals surface area contributed by atoms with Crippen molar-refractivity contribution in [3.05, 3.63) is 44.6 Å². The van der Waals surface area contributed by atoms with Gasteiger partial charge in [0.15, 0.2) is 5.75 Å². The average molecular weight is 584 g/mol. The van der Waals surface area contributed by atoms with Crippen molar-refractivity contribution in [1.82, 2.24) is 5.32 Å². The number of hydrogen-bond acceptors (Lipinski definition) is 4. The molecule has 1 aliphatic rings. The standard InChI is InChI=1S/C30H41Cl3N2O3/c1-3-5-6-7-8-9-10-11-12-13-14-15-16-17-27(36)35-26-20-25(22(4-2)28(33)30(26)38)34-21-18-23(31)29(37)24(32)19-21/h18-20,37H,3-17H2,1-2H3,(H,35,36)/b34-25+. The second-order valence-corrected chi connectivity index (χ2v) is 11.0. The molecule has 0 bridgehead atoms. The Bertz CT molecular complexity index is 1020. The Kier molecular flexibility index (Phi) is 15.1. The maximum Gasteiger partial charge on any atom is 0.224 e. The summed E-state index contributed by atoms with van der Waals surface area (Å²) >= 11 is 18.4. The summed E-state index contributed by atoms with van der Waals surface area (Å²) in [6.07, 6.45) is 18.4. The molecular formula is C30H41Cl3N2O3. The van der Waals surface area contributed by atoms with E-state index in [4.69, 9.17) is 34.8 Å². The van der Waals surface area contributed by atoms with Crippen molar-refractivity contribution in [3.63, 3.8) is 0 Å². The lowest BCUT2D eigenvalue weighted by molar-refractivity contribution is -0.122. The van der Waals surface area contributed by atoms with E-state index >= 15 is 0 Å². The van der Waals surface area contributed by atoms with E-state index < -0.39 is 5.78 Å². The summed E-state index contributed by atoms with van der Waals surface area (Å²) in [4.78, 5) is 29.8. The molecule has 0 unspecified atom stereocenters. The number of phenols is 1. The van der Waals surface area contributed by atoms with Gasteiger partial charge in [0.25, 0.3) is 0 Å². The van der Waals surface area contributed by atoms with Crippen molar-refractivity contribution in [3.8, 4) is 5.75 Å².